The molecule has 1 aliphatic rings. The van der Waals surface area contributed by atoms with Gasteiger partial charge in [0.1, 0.15) is 11.4 Å². The van der Waals surface area contributed by atoms with Crippen molar-refractivity contribution in [2.75, 3.05) is 13.1 Å². The number of amides is 1. The number of hydrogen-bond donors (Lipinski definition) is 2. The van der Waals surface area contributed by atoms with Gasteiger partial charge in [-0.1, -0.05) is 6.42 Å². The molecule has 1 amide bonds. The molecule has 1 aliphatic heterocycles. The number of alkyl carbamates (subject to hydrolysis) is 1. The molecule has 1 saturated heterocycles. The van der Waals surface area contributed by atoms with Crippen molar-refractivity contribution in [3.63, 3.8) is 0 Å². The largest absolute Gasteiger partial charge is 0.444 e. The van der Waals surface area contributed by atoms with Gasteiger partial charge < -0.3 is 15.0 Å². The van der Waals surface area contributed by atoms with Gasteiger partial charge in [-0.15, -0.1) is 0 Å². The van der Waals surface area contributed by atoms with Crippen LogP contribution < -0.4 is 5.32 Å². The fourth-order valence-electron chi connectivity index (χ4n) is 2.89. The maximum Gasteiger partial charge on any atom is 0.407 e. The van der Waals surface area contributed by atoms with Gasteiger partial charge in [0.15, 0.2) is 0 Å². The van der Waals surface area contributed by atoms with Crippen LogP contribution in [-0.4, -0.2) is 45.7 Å². The first-order valence-corrected chi connectivity index (χ1v) is 8.08. The molecule has 0 unspecified atom stereocenters. The van der Waals surface area contributed by atoms with Crippen LogP contribution in [0.4, 0.5) is 4.79 Å². The maximum atomic E-state index is 11.9. The van der Waals surface area contributed by atoms with E-state index in [2.05, 4.69) is 20.2 Å². The van der Waals surface area contributed by atoms with Crippen LogP contribution in [0.5, 0.6) is 0 Å². The van der Waals surface area contributed by atoms with Gasteiger partial charge in [0.25, 0.3) is 0 Å². The molecule has 6 nitrogen and oxygen atoms in total. The summed E-state index contributed by atoms with van der Waals surface area (Å²) in [5.74, 6) is 1.02. The summed E-state index contributed by atoms with van der Waals surface area (Å²) in [6, 6.07) is 0.344. The van der Waals surface area contributed by atoms with Crippen LogP contribution in [0, 0.1) is 0 Å². The Morgan fingerprint density at radius 1 is 1.55 bits per heavy atom. The lowest BCUT2D eigenvalue weighted by Gasteiger charge is -2.36. The predicted octanol–water partition coefficient (Wildman–Crippen LogP) is 2.85. The van der Waals surface area contributed by atoms with Gasteiger partial charge in [-0.25, -0.2) is 9.78 Å². The van der Waals surface area contributed by atoms with E-state index in [1.54, 1.807) is 6.20 Å². The summed E-state index contributed by atoms with van der Waals surface area (Å²) in [5, 5.41) is 2.92. The standard InChI is InChI=1S/C16H28N4O2/c1-12(19-15(21)22-16(2,3)4)11-20-10-6-5-7-13(20)14-17-8-9-18-14/h8-9,12-13H,5-7,10-11H2,1-4H3,(H,17,18)(H,19,21)/t12-,13-/m1/s1. The number of piperidine rings is 1. The number of nitrogens with one attached hydrogen (secondary N) is 2. The number of likely N-dealkylation sites (tertiary alicyclic amines) is 1. The highest BCUT2D eigenvalue weighted by molar-refractivity contribution is 5.68. The van der Waals surface area contributed by atoms with E-state index in [1.807, 2.05) is 33.9 Å². The van der Waals surface area contributed by atoms with Crippen molar-refractivity contribution >= 4 is 6.09 Å². The molecular formula is C16H28N4O2. The Kier molecular flexibility index (Phi) is 5.45. The predicted molar refractivity (Wildman–Crippen MR) is 85.6 cm³/mol. The molecule has 2 heterocycles. The van der Waals surface area contributed by atoms with Crippen molar-refractivity contribution in [2.24, 2.45) is 0 Å². The van der Waals surface area contributed by atoms with Gasteiger partial charge in [0.2, 0.25) is 0 Å². The Morgan fingerprint density at radius 3 is 2.95 bits per heavy atom. The molecule has 0 spiro atoms. The SMILES string of the molecule is C[C@H](CN1CCCC[C@@H]1c1ncc[nH]1)NC(=O)OC(C)(C)C. The minimum absolute atomic E-state index is 0.0328. The molecule has 0 aromatic carbocycles. The van der Waals surface area contributed by atoms with Crippen molar-refractivity contribution in [3.05, 3.63) is 18.2 Å². The van der Waals surface area contributed by atoms with Crippen molar-refractivity contribution < 1.29 is 9.53 Å². The van der Waals surface area contributed by atoms with Crippen LogP contribution in [0.2, 0.25) is 0 Å². The Hall–Kier alpha value is -1.56. The van der Waals surface area contributed by atoms with Gasteiger partial charge in [-0.05, 0) is 47.1 Å². The van der Waals surface area contributed by atoms with Gasteiger partial charge in [0.05, 0.1) is 6.04 Å². The summed E-state index contributed by atoms with van der Waals surface area (Å²) >= 11 is 0. The fraction of sp³-hybridized carbons (Fsp3) is 0.750. The highest BCUT2D eigenvalue weighted by Crippen LogP contribution is 2.28. The minimum Gasteiger partial charge on any atom is -0.444 e. The quantitative estimate of drug-likeness (QED) is 0.897. The molecule has 2 atom stereocenters. The van der Waals surface area contributed by atoms with E-state index in [1.165, 1.54) is 12.8 Å². The van der Waals surface area contributed by atoms with E-state index in [0.29, 0.717) is 6.04 Å². The molecular weight excluding hydrogens is 280 g/mol. The lowest BCUT2D eigenvalue weighted by molar-refractivity contribution is 0.0480. The number of carbonyl (C=O) groups is 1. The topological polar surface area (TPSA) is 70.2 Å². The summed E-state index contributed by atoms with van der Waals surface area (Å²) in [4.78, 5) is 21.9. The molecule has 6 heteroatoms. The number of aromatic amines is 1. The van der Waals surface area contributed by atoms with Crippen LogP contribution in [0.15, 0.2) is 12.4 Å². The van der Waals surface area contributed by atoms with Crippen molar-refractivity contribution in [3.8, 4) is 0 Å². The van der Waals surface area contributed by atoms with Crippen LogP contribution in [0.3, 0.4) is 0 Å². The van der Waals surface area contributed by atoms with Gasteiger partial charge in [-0.3, -0.25) is 4.90 Å². The number of rotatable bonds is 4. The van der Waals surface area contributed by atoms with Crippen LogP contribution >= 0.6 is 0 Å². The first kappa shape index (κ1) is 16.8. The Morgan fingerprint density at radius 2 is 2.32 bits per heavy atom. The first-order valence-electron chi connectivity index (χ1n) is 8.08. The Balaban J connectivity index is 1.89. The molecule has 0 radical (unpaired) electrons. The highest BCUT2D eigenvalue weighted by Gasteiger charge is 2.27. The zero-order chi connectivity index (χ0) is 16.2. The van der Waals surface area contributed by atoms with Crippen LogP contribution in [0.1, 0.15) is 58.8 Å². The molecule has 1 fully saturated rings. The van der Waals surface area contributed by atoms with Gasteiger partial charge in [-0.2, -0.15) is 0 Å². The number of nitrogens with zero attached hydrogens (tertiary/aromatic N) is 2. The van der Waals surface area contributed by atoms with Crippen molar-refractivity contribution in [1.29, 1.82) is 0 Å². The molecule has 0 aliphatic carbocycles. The monoisotopic (exact) mass is 308 g/mol. The average Bonchev–Trinajstić information content (AvgIpc) is 2.90. The summed E-state index contributed by atoms with van der Waals surface area (Å²) in [5.41, 5.74) is -0.467. The van der Waals surface area contributed by atoms with E-state index in [0.717, 1.165) is 25.3 Å². The molecule has 124 valence electrons. The zero-order valence-corrected chi connectivity index (χ0v) is 14.1. The average molecular weight is 308 g/mol. The summed E-state index contributed by atoms with van der Waals surface area (Å²) in [6.07, 6.45) is 6.82. The lowest BCUT2D eigenvalue weighted by atomic mass is 10.0. The summed E-state index contributed by atoms with van der Waals surface area (Å²) < 4.78 is 5.31. The smallest absolute Gasteiger partial charge is 0.407 e. The number of ether oxygens (including phenoxy) is 1. The van der Waals surface area contributed by atoms with E-state index in [-0.39, 0.29) is 12.1 Å². The second-order valence-corrected chi connectivity index (χ2v) is 7.03. The first-order chi connectivity index (χ1) is 10.3. The van der Waals surface area contributed by atoms with E-state index < -0.39 is 5.60 Å². The van der Waals surface area contributed by atoms with Crippen molar-refractivity contribution in [2.45, 2.75) is 64.6 Å². The fourth-order valence-corrected chi connectivity index (χ4v) is 2.89. The van der Waals surface area contributed by atoms with Crippen molar-refractivity contribution in [1.82, 2.24) is 20.2 Å². The number of hydrogen-bond acceptors (Lipinski definition) is 4. The summed E-state index contributed by atoms with van der Waals surface area (Å²) in [6.45, 7) is 9.45. The second kappa shape index (κ2) is 7.13. The van der Waals surface area contributed by atoms with Gasteiger partial charge in [0, 0.05) is 25.0 Å². The second-order valence-electron chi connectivity index (χ2n) is 7.03. The number of H-pyrrole nitrogens is 1. The third-order valence-electron chi connectivity index (χ3n) is 3.72. The molecule has 1 aromatic rings. The Bertz CT molecular complexity index is 467. The molecule has 0 saturated carbocycles. The maximum absolute atomic E-state index is 11.9. The third-order valence-corrected chi connectivity index (χ3v) is 3.72. The molecule has 2 N–H and O–H groups in total. The van der Waals surface area contributed by atoms with E-state index in [4.69, 9.17) is 4.74 Å². The highest BCUT2D eigenvalue weighted by atomic mass is 16.6. The van der Waals surface area contributed by atoms with E-state index in [9.17, 15) is 4.79 Å². The lowest BCUT2D eigenvalue weighted by Crippen LogP contribution is -2.46. The number of carbonyl (C=O) groups excluding carboxylic acids is 1. The van der Waals surface area contributed by atoms with Crippen LogP contribution in [0.25, 0.3) is 0 Å². The third kappa shape index (κ3) is 5.02. The number of imidazole rings is 1. The molecule has 22 heavy (non-hydrogen) atoms. The summed E-state index contributed by atoms with van der Waals surface area (Å²) in [7, 11) is 0. The molecule has 1 aromatic heterocycles. The molecule has 2 rings (SSSR count). The van der Waals surface area contributed by atoms with Gasteiger partial charge >= 0.3 is 6.09 Å². The van der Waals surface area contributed by atoms with E-state index >= 15 is 0 Å². The number of aromatic nitrogens is 2. The molecule has 0 bridgehead atoms. The Labute approximate surface area is 132 Å². The minimum atomic E-state index is -0.467. The van der Waals surface area contributed by atoms with Crippen LogP contribution in [-0.2, 0) is 4.74 Å². The zero-order valence-electron chi connectivity index (χ0n) is 14.1. The normalized spacial score (nSPS) is 21.4.